The van der Waals surface area contributed by atoms with Crippen molar-refractivity contribution in [1.82, 2.24) is 10.2 Å². The van der Waals surface area contributed by atoms with Gasteiger partial charge in [-0.1, -0.05) is 30.7 Å². The second-order valence-electron chi connectivity index (χ2n) is 7.19. The average Bonchev–Trinajstić information content (AvgIpc) is 3.33. The van der Waals surface area contributed by atoms with Crippen molar-refractivity contribution in [2.24, 2.45) is 0 Å². The number of hydrogen-bond acceptors (Lipinski definition) is 2. The minimum atomic E-state index is 0.608. The van der Waals surface area contributed by atoms with Crippen LogP contribution in [-0.2, 0) is 6.54 Å². The first-order valence-electron chi connectivity index (χ1n) is 8.78. The summed E-state index contributed by atoms with van der Waals surface area (Å²) in [4.78, 5) is 2.62. The summed E-state index contributed by atoms with van der Waals surface area (Å²) in [6.07, 6.45) is 6.86. The van der Waals surface area contributed by atoms with Crippen molar-refractivity contribution < 1.29 is 0 Å². The molecule has 2 nitrogen and oxygen atoms in total. The lowest BCUT2D eigenvalue weighted by Gasteiger charge is -2.33. The summed E-state index contributed by atoms with van der Waals surface area (Å²) in [7, 11) is 0. The van der Waals surface area contributed by atoms with E-state index in [9.17, 15) is 0 Å². The SMILES string of the molecule is CC(C)N(Cc1ccc(C2CC2)cc1)CC1CCCCN1. The van der Waals surface area contributed by atoms with Gasteiger partial charge < -0.3 is 5.32 Å². The Balaban J connectivity index is 1.58. The van der Waals surface area contributed by atoms with Crippen molar-refractivity contribution in [3.63, 3.8) is 0 Å². The topological polar surface area (TPSA) is 15.3 Å². The Kier molecular flexibility index (Phi) is 4.97. The summed E-state index contributed by atoms with van der Waals surface area (Å²) in [6.45, 7) is 8.11. The van der Waals surface area contributed by atoms with Crippen LogP contribution in [0.4, 0.5) is 0 Å². The van der Waals surface area contributed by atoms with Crippen LogP contribution in [0.2, 0.25) is 0 Å². The van der Waals surface area contributed by atoms with Gasteiger partial charge in [0.2, 0.25) is 0 Å². The lowest BCUT2D eigenvalue weighted by atomic mass is 10.0. The van der Waals surface area contributed by atoms with Crippen LogP contribution in [0.5, 0.6) is 0 Å². The number of rotatable bonds is 6. The summed E-state index contributed by atoms with van der Waals surface area (Å²) in [5.41, 5.74) is 3.01. The molecule has 1 atom stereocenters. The van der Waals surface area contributed by atoms with E-state index in [-0.39, 0.29) is 0 Å². The predicted molar refractivity (Wildman–Crippen MR) is 89.6 cm³/mol. The molecule has 1 unspecified atom stereocenters. The highest BCUT2D eigenvalue weighted by Gasteiger charge is 2.23. The van der Waals surface area contributed by atoms with E-state index in [0.717, 1.165) is 12.5 Å². The second-order valence-corrected chi connectivity index (χ2v) is 7.19. The standard InChI is InChI=1S/C19H30N2/c1-15(2)21(14-19-5-3-4-12-20-19)13-16-6-8-17(9-7-16)18-10-11-18/h6-9,15,18-20H,3-5,10-14H2,1-2H3. The number of piperidine rings is 1. The molecule has 116 valence electrons. The van der Waals surface area contributed by atoms with Crippen LogP contribution in [-0.4, -0.2) is 30.1 Å². The van der Waals surface area contributed by atoms with Gasteiger partial charge in [0.15, 0.2) is 0 Å². The maximum atomic E-state index is 3.68. The van der Waals surface area contributed by atoms with E-state index in [1.807, 2.05) is 0 Å². The van der Waals surface area contributed by atoms with E-state index in [1.165, 1.54) is 50.8 Å². The van der Waals surface area contributed by atoms with E-state index in [0.29, 0.717) is 12.1 Å². The van der Waals surface area contributed by atoms with Crippen molar-refractivity contribution in [2.45, 2.75) is 70.5 Å². The lowest BCUT2D eigenvalue weighted by Crippen LogP contribution is -2.45. The molecule has 2 heteroatoms. The van der Waals surface area contributed by atoms with Gasteiger partial charge in [-0.25, -0.2) is 0 Å². The third kappa shape index (κ3) is 4.31. The molecule has 0 radical (unpaired) electrons. The fourth-order valence-corrected chi connectivity index (χ4v) is 3.37. The Labute approximate surface area is 129 Å². The van der Waals surface area contributed by atoms with Gasteiger partial charge in [-0.2, -0.15) is 0 Å². The largest absolute Gasteiger partial charge is 0.313 e. The first-order valence-corrected chi connectivity index (χ1v) is 8.78. The zero-order valence-corrected chi connectivity index (χ0v) is 13.6. The second kappa shape index (κ2) is 6.93. The van der Waals surface area contributed by atoms with E-state index in [1.54, 1.807) is 5.56 Å². The molecule has 1 N–H and O–H groups in total. The first kappa shape index (κ1) is 15.1. The van der Waals surface area contributed by atoms with Gasteiger partial charge in [-0.05, 0) is 63.1 Å². The number of nitrogens with zero attached hydrogens (tertiary/aromatic N) is 1. The van der Waals surface area contributed by atoms with Gasteiger partial charge in [-0.15, -0.1) is 0 Å². The van der Waals surface area contributed by atoms with Crippen LogP contribution in [0, 0.1) is 0 Å². The molecule has 1 aliphatic carbocycles. The normalized spacial score (nSPS) is 23.0. The molecule has 1 heterocycles. The molecule has 3 rings (SSSR count). The minimum absolute atomic E-state index is 0.608. The highest BCUT2D eigenvalue weighted by atomic mass is 15.2. The van der Waals surface area contributed by atoms with Crippen molar-refractivity contribution in [1.29, 1.82) is 0 Å². The highest BCUT2D eigenvalue weighted by molar-refractivity contribution is 5.28. The summed E-state index contributed by atoms with van der Waals surface area (Å²) < 4.78 is 0. The molecule has 1 aromatic carbocycles. The molecule has 1 aromatic rings. The van der Waals surface area contributed by atoms with E-state index in [4.69, 9.17) is 0 Å². The Hall–Kier alpha value is -0.860. The molecule has 1 saturated heterocycles. The molecule has 0 spiro atoms. The van der Waals surface area contributed by atoms with E-state index in [2.05, 4.69) is 48.3 Å². The summed E-state index contributed by atoms with van der Waals surface area (Å²) in [5, 5.41) is 3.68. The number of nitrogens with one attached hydrogen (secondary N) is 1. The molecule has 2 aliphatic rings. The Morgan fingerprint density at radius 2 is 1.86 bits per heavy atom. The molecular weight excluding hydrogens is 256 g/mol. The van der Waals surface area contributed by atoms with Crippen LogP contribution in [0.25, 0.3) is 0 Å². The quantitative estimate of drug-likeness (QED) is 0.853. The summed E-state index contributed by atoms with van der Waals surface area (Å²) >= 11 is 0. The molecule has 21 heavy (non-hydrogen) atoms. The van der Waals surface area contributed by atoms with Gasteiger partial charge in [0.05, 0.1) is 0 Å². The fraction of sp³-hybridized carbons (Fsp3) is 0.684. The molecular formula is C19H30N2. The van der Waals surface area contributed by atoms with Crippen molar-refractivity contribution >= 4 is 0 Å². The fourth-order valence-electron chi connectivity index (χ4n) is 3.37. The van der Waals surface area contributed by atoms with Crippen molar-refractivity contribution in [2.75, 3.05) is 13.1 Å². The Morgan fingerprint density at radius 1 is 1.10 bits per heavy atom. The van der Waals surface area contributed by atoms with Crippen LogP contribution in [0.3, 0.4) is 0 Å². The van der Waals surface area contributed by atoms with Crippen LogP contribution < -0.4 is 5.32 Å². The highest BCUT2D eigenvalue weighted by Crippen LogP contribution is 2.39. The Morgan fingerprint density at radius 3 is 2.43 bits per heavy atom. The molecule has 0 aromatic heterocycles. The molecule has 1 aliphatic heterocycles. The van der Waals surface area contributed by atoms with Crippen LogP contribution in [0.15, 0.2) is 24.3 Å². The molecule has 1 saturated carbocycles. The third-order valence-electron chi connectivity index (χ3n) is 5.01. The lowest BCUT2D eigenvalue weighted by molar-refractivity contribution is 0.177. The first-order chi connectivity index (χ1) is 10.2. The van der Waals surface area contributed by atoms with Gasteiger partial charge in [0.1, 0.15) is 0 Å². The molecule has 0 amide bonds. The monoisotopic (exact) mass is 286 g/mol. The Bertz CT molecular complexity index is 427. The van der Waals surface area contributed by atoms with Gasteiger partial charge in [0.25, 0.3) is 0 Å². The number of hydrogen-bond donors (Lipinski definition) is 1. The zero-order valence-electron chi connectivity index (χ0n) is 13.6. The van der Waals surface area contributed by atoms with Gasteiger partial charge in [0, 0.05) is 25.2 Å². The average molecular weight is 286 g/mol. The van der Waals surface area contributed by atoms with Crippen LogP contribution in [0.1, 0.15) is 63.0 Å². The van der Waals surface area contributed by atoms with Crippen molar-refractivity contribution in [3.05, 3.63) is 35.4 Å². The van der Waals surface area contributed by atoms with Gasteiger partial charge in [-0.3, -0.25) is 4.90 Å². The maximum absolute atomic E-state index is 3.68. The molecule has 0 bridgehead atoms. The summed E-state index contributed by atoms with van der Waals surface area (Å²) in [5.74, 6) is 0.867. The van der Waals surface area contributed by atoms with Crippen LogP contribution >= 0.6 is 0 Å². The van der Waals surface area contributed by atoms with Crippen molar-refractivity contribution in [3.8, 4) is 0 Å². The summed E-state index contributed by atoms with van der Waals surface area (Å²) in [6, 6.07) is 10.7. The third-order valence-corrected chi connectivity index (χ3v) is 5.01. The van der Waals surface area contributed by atoms with Gasteiger partial charge >= 0.3 is 0 Å². The smallest absolute Gasteiger partial charge is 0.0237 e. The zero-order chi connectivity index (χ0) is 14.7. The molecule has 2 fully saturated rings. The minimum Gasteiger partial charge on any atom is -0.313 e. The van der Waals surface area contributed by atoms with E-state index >= 15 is 0 Å². The predicted octanol–water partition coefficient (Wildman–Crippen LogP) is 3.92. The van der Waals surface area contributed by atoms with E-state index < -0.39 is 0 Å². The number of benzene rings is 1. The maximum Gasteiger partial charge on any atom is 0.0237 e.